The molecule has 1 aliphatic rings. The third-order valence-electron chi connectivity index (χ3n) is 4.82. The van der Waals surface area contributed by atoms with Crippen molar-refractivity contribution < 1.29 is 13.9 Å². The van der Waals surface area contributed by atoms with E-state index in [4.69, 9.17) is 4.74 Å². The molecule has 1 atom stereocenters. The maximum Gasteiger partial charge on any atom is 0.282 e. The van der Waals surface area contributed by atoms with E-state index in [1.807, 2.05) is 31.2 Å². The van der Waals surface area contributed by atoms with Gasteiger partial charge in [-0.1, -0.05) is 18.2 Å². The molecular formula is C21H18FN3O3. The largest absolute Gasteiger partial charge is 0.494 e. The molecule has 0 saturated heterocycles. The molecule has 0 unspecified atom stereocenters. The van der Waals surface area contributed by atoms with Gasteiger partial charge >= 0.3 is 0 Å². The Hall–Kier alpha value is -3.48. The Kier molecular flexibility index (Phi) is 4.43. The van der Waals surface area contributed by atoms with E-state index in [-0.39, 0.29) is 23.4 Å². The van der Waals surface area contributed by atoms with Gasteiger partial charge in [0, 0.05) is 11.7 Å². The van der Waals surface area contributed by atoms with Crippen molar-refractivity contribution in [2.75, 3.05) is 12.0 Å². The second-order valence-corrected chi connectivity index (χ2v) is 6.64. The predicted octanol–water partition coefficient (Wildman–Crippen LogP) is 2.97. The molecule has 0 bridgehead atoms. The first kappa shape index (κ1) is 17.9. The number of halogens is 1. The molecule has 2 aromatic carbocycles. The van der Waals surface area contributed by atoms with Crippen molar-refractivity contribution in [3.63, 3.8) is 0 Å². The molecule has 4 rings (SSSR count). The molecule has 1 aliphatic heterocycles. The van der Waals surface area contributed by atoms with Crippen molar-refractivity contribution in [3.8, 4) is 11.4 Å². The lowest BCUT2D eigenvalue weighted by Gasteiger charge is -2.23. The molecule has 1 amide bonds. The number of aromatic nitrogens is 2. The Morgan fingerprint density at radius 3 is 2.61 bits per heavy atom. The minimum atomic E-state index is -0.477. The molecular weight excluding hydrogens is 361 g/mol. The first-order chi connectivity index (χ1) is 13.5. The topological polar surface area (TPSA) is 64.4 Å². The molecule has 0 fully saturated rings. The Morgan fingerprint density at radius 1 is 1.18 bits per heavy atom. The number of ether oxygens (including phenoxy) is 1. The van der Waals surface area contributed by atoms with Crippen LogP contribution in [0.15, 0.2) is 59.4 Å². The quantitative estimate of drug-likeness (QED) is 0.702. The van der Waals surface area contributed by atoms with E-state index in [0.29, 0.717) is 5.69 Å². The second-order valence-electron chi connectivity index (χ2n) is 6.64. The highest BCUT2D eigenvalue weighted by Gasteiger charge is 2.34. The molecule has 7 heteroatoms. The Bertz CT molecular complexity index is 1110. The third kappa shape index (κ3) is 2.94. The number of benzene rings is 2. The van der Waals surface area contributed by atoms with Crippen LogP contribution in [-0.2, 0) is 6.42 Å². The number of nitrogens with zero attached hydrogens (tertiary/aromatic N) is 3. The minimum absolute atomic E-state index is 0.0231. The summed E-state index contributed by atoms with van der Waals surface area (Å²) in [5.74, 6) is -0.681. The fourth-order valence-electron chi connectivity index (χ4n) is 3.50. The molecule has 0 N–H and O–H groups in total. The maximum atomic E-state index is 13.4. The lowest BCUT2D eigenvalue weighted by molar-refractivity contribution is 0.0971. The highest BCUT2D eigenvalue weighted by atomic mass is 19.1. The van der Waals surface area contributed by atoms with Crippen LogP contribution >= 0.6 is 0 Å². The Balaban J connectivity index is 1.83. The zero-order valence-electron chi connectivity index (χ0n) is 15.4. The third-order valence-corrected chi connectivity index (χ3v) is 4.82. The number of rotatable bonds is 3. The average Bonchev–Trinajstić information content (AvgIpc) is 3.03. The first-order valence-corrected chi connectivity index (χ1v) is 8.85. The highest BCUT2D eigenvalue weighted by molar-refractivity contribution is 6.08. The molecule has 6 nitrogen and oxygen atoms in total. The van der Waals surface area contributed by atoms with Crippen molar-refractivity contribution in [3.05, 3.63) is 82.0 Å². The predicted molar refractivity (Wildman–Crippen MR) is 103 cm³/mol. The van der Waals surface area contributed by atoms with Crippen LogP contribution in [0.1, 0.15) is 23.0 Å². The zero-order valence-corrected chi connectivity index (χ0v) is 15.4. The van der Waals surface area contributed by atoms with Crippen LogP contribution in [0.25, 0.3) is 5.69 Å². The van der Waals surface area contributed by atoms with E-state index in [0.717, 1.165) is 22.4 Å². The van der Waals surface area contributed by atoms with Crippen LogP contribution in [-0.4, -0.2) is 28.8 Å². The van der Waals surface area contributed by atoms with Crippen molar-refractivity contribution in [1.29, 1.82) is 0 Å². The number of carbonyl (C=O) groups is 1. The fourth-order valence-corrected chi connectivity index (χ4v) is 3.50. The average molecular weight is 379 g/mol. The maximum absolute atomic E-state index is 13.4. The molecule has 2 heterocycles. The Morgan fingerprint density at radius 2 is 1.89 bits per heavy atom. The lowest BCUT2D eigenvalue weighted by atomic mass is 10.1. The smallest absolute Gasteiger partial charge is 0.282 e. The van der Waals surface area contributed by atoms with Crippen molar-refractivity contribution in [1.82, 2.24) is 9.78 Å². The number of fused-ring (bicyclic) bond motifs is 1. The van der Waals surface area contributed by atoms with Gasteiger partial charge in [-0.15, -0.1) is 0 Å². The number of carbonyl (C=O) groups excluding carboxylic acids is 1. The molecule has 0 radical (unpaired) electrons. The Labute approximate surface area is 160 Å². The first-order valence-electron chi connectivity index (χ1n) is 8.85. The van der Waals surface area contributed by atoms with Gasteiger partial charge in [0.25, 0.3) is 11.5 Å². The normalized spacial score (nSPS) is 15.4. The summed E-state index contributed by atoms with van der Waals surface area (Å²) in [6, 6.07) is 14.2. The minimum Gasteiger partial charge on any atom is -0.494 e. The summed E-state index contributed by atoms with van der Waals surface area (Å²) >= 11 is 0. The van der Waals surface area contributed by atoms with Crippen molar-refractivity contribution in [2.45, 2.75) is 19.4 Å². The molecule has 28 heavy (non-hydrogen) atoms. The highest BCUT2D eigenvalue weighted by Crippen LogP contribution is 2.33. The van der Waals surface area contributed by atoms with Gasteiger partial charge in [-0.05, 0) is 49.2 Å². The van der Waals surface area contributed by atoms with Gasteiger partial charge in [0.2, 0.25) is 0 Å². The van der Waals surface area contributed by atoms with E-state index >= 15 is 0 Å². The molecule has 142 valence electrons. The monoisotopic (exact) mass is 379 g/mol. The molecule has 1 aromatic heterocycles. The summed E-state index contributed by atoms with van der Waals surface area (Å²) in [4.78, 5) is 27.5. The van der Waals surface area contributed by atoms with Crippen LogP contribution in [0.2, 0.25) is 0 Å². The van der Waals surface area contributed by atoms with Gasteiger partial charge in [0.15, 0.2) is 11.4 Å². The number of amides is 1. The second kappa shape index (κ2) is 6.92. The summed E-state index contributed by atoms with van der Waals surface area (Å²) in [5.41, 5.74) is 1.81. The van der Waals surface area contributed by atoms with E-state index in [2.05, 4.69) is 5.10 Å². The number of para-hydroxylation sites is 1. The molecule has 0 aliphatic carbocycles. The summed E-state index contributed by atoms with van der Waals surface area (Å²) in [6.45, 7) is 1.96. The molecule has 3 aromatic rings. The van der Waals surface area contributed by atoms with Gasteiger partial charge in [0.1, 0.15) is 5.82 Å². The van der Waals surface area contributed by atoms with E-state index in [1.165, 1.54) is 37.4 Å². The zero-order chi connectivity index (χ0) is 19.8. The summed E-state index contributed by atoms with van der Waals surface area (Å²) in [7, 11) is 1.39. The van der Waals surface area contributed by atoms with Gasteiger partial charge in [0.05, 0.1) is 18.9 Å². The van der Waals surface area contributed by atoms with Gasteiger partial charge in [-0.2, -0.15) is 9.78 Å². The number of hydrogen-bond donors (Lipinski definition) is 0. The van der Waals surface area contributed by atoms with Crippen molar-refractivity contribution >= 4 is 11.6 Å². The van der Waals surface area contributed by atoms with Gasteiger partial charge in [-0.25, -0.2) is 4.39 Å². The van der Waals surface area contributed by atoms with Gasteiger partial charge < -0.3 is 9.64 Å². The van der Waals surface area contributed by atoms with Crippen LogP contribution in [0.5, 0.6) is 5.75 Å². The molecule has 0 saturated carbocycles. The number of anilines is 1. The fraction of sp³-hybridized carbons (Fsp3) is 0.190. The SMILES string of the molecule is COc1cc(=O)n(-c2ccc(F)cc2)nc1C(=O)N1c2ccccc2C[C@H]1C. The van der Waals surface area contributed by atoms with Crippen molar-refractivity contribution in [2.24, 2.45) is 0 Å². The molecule has 0 spiro atoms. The number of hydrogen-bond acceptors (Lipinski definition) is 4. The van der Waals surface area contributed by atoms with Crippen LogP contribution < -0.4 is 15.2 Å². The van der Waals surface area contributed by atoms with Crippen LogP contribution in [0, 0.1) is 5.82 Å². The number of methoxy groups -OCH3 is 1. The van der Waals surface area contributed by atoms with Gasteiger partial charge in [-0.3, -0.25) is 9.59 Å². The summed E-state index contributed by atoms with van der Waals surface area (Å²) < 4.78 is 19.6. The summed E-state index contributed by atoms with van der Waals surface area (Å²) in [6.07, 6.45) is 0.738. The van der Waals surface area contributed by atoms with Crippen LogP contribution in [0.3, 0.4) is 0 Å². The summed E-state index contributed by atoms with van der Waals surface area (Å²) in [5, 5.41) is 4.26. The van der Waals surface area contributed by atoms with E-state index in [1.54, 1.807) is 4.90 Å². The van der Waals surface area contributed by atoms with Crippen LogP contribution in [0.4, 0.5) is 10.1 Å². The standard InChI is InChI=1S/C21H18FN3O3/c1-13-11-14-5-3-4-6-17(14)24(13)21(27)20-18(28-2)12-19(26)25(23-20)16-9-7-15(22)8-10-16/h3-10,12-13H,11H2,1-2H3/t13-/m1/s1. The lowest BCUT2D eigenvalue weighted by Crippen LogP contribution is -2.38. The van der Waals surface area contributed by atoms with E-state index in [9.17, 15) is 14.0 Å². The van der Waals surface area contributed by atoms with E-state index < -0.39 is 11.4 Å².